The Morgan fingerprint density at radius 2 is 2.03 bits per heavy atom. The van der Waals surface area contributed by atoms with Gasteiger partial charge in [0.15, 0.2) is 0 Å². The number of ether oxygens (including phenoxy) is 2. The van der Waals surface area contributed by atoms with Crippen LogP contribution in [0.4, 0.5) is 13.2 Å². The van der Waals surface area contributed by atoms with E-state index in [0.717, 1.165) is 25.7 Å². The highest BCUT2D eigenvalue weighted by atomic mass is 19.4. The van der Waals surface area contributed by atoms with Gasteiger partial charge in [-0.2, -0.15) is 13.2 Å². The van der Waals surface area contributed by atoms with Crippen molar-refractivity contribution in [1.82, 2.24) is 15.2 Å². The number of fused-ring (bicyclic) bond motifs is 1. The second-order valence-electron chi connectivity index (χ2n) is 11.3. The normalized spacial score (nSPS) is 29.2. The van der Waals surface area contributed by atoms with Gasteiger partial charge in [-0.25, -0.2) is 0 Å². The second kappa shape index (κ2) is 10.6. The van der Waals surface area contributed by atoms with Gasteiger partial charge in [0.1, 0.15) is 0 Å². The molecule has 1 aromatic heterocycles. The first-order valence-electron chi connectivity index (χ1n) is 13.2. The van der Waals surface area contributed by atoms with Crippen molar-refractivity contribution in [2.24, 2.45) is 11.3 Å². The number of nitrogens with one attached hydrogen (secondary N) is 1. The summed E-state index contributed by atoms with van der Waals surface area (Å²) in [5.41, 5.74) is 0.0832. The summed E-state index contributed by atoms with van der Waals surface area (Å²) < 4.78 is 52.5. The molecule has 1 saturated heterocycles. The minimum absolute atomic E-state index is 0.00634. The van der Waals surface area contributed by atoms with E-state index >= 15 is 0 Å². The largest absolute Gasteiger partial charge is 0.418 e. The van der Waals surface area contributed by atoms with Crippen LogP contribution in [0.2, 0.25) is 0 Å². The van der Waals surface area contributed by atoms with E-state index in [0.29, 0.717) is 37.4 Å². The van der Waals surface area contributed by atoms with Gasteiger partial charge >= 0.3 is 6.18 Å². The van der Waals surface area contributed by atoms with Gasteiger partial charge in [-0.3, -0.25) is 9.78 Å². The van der Waals surface area contributed by atoms with Crippen LogP contribution >= 0.6 is 0 Å². The van der Waals surface area contributed by atoms with Crippen molar-refractivity contribution < 1.29 is 27.4 Å². The summed E-state index contributed by atoms with van der Waals surface area (Å²) in [6, 6.07) is 1.62. The summed E-state index contributed by atoms with van der Waals surface area (Å²) in [6.45, 7) is 9.56. The van der Waals surface area contributed by atoms with E-state index in [4.69, 9.17) is 9.47 Å². The molecule has 1 saturated carbocycles. The number of alkyl halides is 3. The highest BCUT2D eigenvalue weighted by molar-refractivity contribution is 5.83. The van der Waals surface area contributed by atoms with Crippen LogP contribution in [-0.2, 0) is 33.4 Å². The third kappa shape index (κ3) is 5.29. The highest BCUT2D eigenvalue weighted by Crippen LogP contribution is 2.47. The number of nitrogens with zero attached hydrogens (tertiary/aromatic N) is 2. The molecule has 2 fully saturated rings. The first kappa shape index (κ1) is 27.3. The van der Waals surface area contributed by atoms with Crippen LogP contribution in [0.25, 0.3) is 0 Å². The lowest BCUT2D eigenvalue weighted by Crippen LogP contribution is -2.52. The Hall–Kier alpha value is -1.71. The van der Waals surface area contributed by atoms with Crippen LogP contribution in [-0.4, -0.2) is 60.8 Å². The zero-order valence-corrected chi connectivity index (χ0v) is 22.1. The maximum atomic E-state index is 14.0. The van der Waals surface area contributed by atoms with Gasteiger partial charge in [-0.05, 0) is 49.1 Å². The Labute approximate surface area is 212 Å². The van der Waals surface area contributed by atoms with Crippen LogP contribution < -0.4 is 5.32 Å². The Balaban J connectivity index is 1.52. The number of carbonyl (C=O) groups excluding carboxylic acids is 1. The zero-order chi connectivity index (χ0) is 26.3. The van der Waals surface area contributed by atoms with Crippen molar-refractivity contribution in [3.8, 4) is 0 Å². The summed E-state index contributed by atoms with van der Waals surface area (Å²) in [4.78, 5) is 20.2. The average Bonchev–Trinajstić information content (AvgIpc) is 3.27. The number of rotatable bonds is 6. The van der Waals surface area contributed by atoms with Crippen LogP contribution in [0.1, 0.15) is 81.8 Å². The summed E-state index contributed by atoms with van der Waals surface area (Å²) in [5, 5.41) is 3.73. The van der Waals surface area contributed by atoms with E-state index in [1.165, 1.54) is 6.07 Å². The third-order valence-electron chi connectivity index (χ3n) is 8.48. The first-order valence-corrected chi connectivity index (χ1v) is 13.2. The van der Waals surface area contributed by atoms with Crippen molar-refractivity contribution >= 4 is 5.91 Å². The number of aromatic nitrogens is 1. The number of hydrogen-bond acceptors (Lipinski definition) is 5. The fraction of sp³-hybridized carbons (Fsp3) is 0.778. The fourth-order valence-electron chi connectivity index (χ4n) is 6.26. The molecule has 6 nitrogen and oxygen atoms in total. The number of methoxy groups -OCH3 is 1. The van der Waals surface area contributed by atoms with Crippen molar-refractivity contribution in [3.05, 3.63) is 28.6 Å². The maximum Gasteiger partial charge on any atom is 0.418 e. The Bertz CT molecular complexity index is 952. The average molecular weight is 512 g/mol. The molecule has 0 radical (unpaired) electrons. The quantitative estimate of drug-likeness (QED) is 0.600. The van der Waals surface area contributed by atoms with Gasteiger partial charge < -0.3 is 19.7 Å². The molecule has 1 amide bonds. The van der Waals surface area contributed by atoms with Gasteiger partial charge in [0, 0.05) is 51.0 Å². The van der Waals surface area contributed by atoms with Gasteiger partial charge in [0.25, 0.3) is 0 Å². The predicted octanol–water partition coefficient (Wildman–Crippen LogP) is 4.70. The standard InChI is InChI=1S/C27H40F3N3O3/c1-16(2)24-20(27(28,29)30)12-18-14-33(10-7-21(18)32-24)25(34)26(17(3)4)9-6-19(13-26)31-22-8-11-36-15-23(22)35-5/h12,16-17,19,22-23,31H,6-11,13-15H2,1-5H3/t19-,22+,23-,26+/m1/s1. The Morgan fingerprint density at radius 1 is 1.28 bits per heavy atom. The SMILES string of the molecule is CO[C@@H]1COCC[C@@H]1N[C@@H]1CC[C@@](C(=O)N2CCc3nc(C(C)C)c(C(F)(F)F)cc3C2)(C(C)C)C1. The van der Waals surface area contributed by atoms with Crippen molar-refractivity contribution in [2.45, 2.75) is 96.6 Å². The second-order valence-corrected chi connectivity index (χ2v) is 11.3. The topological polar surface area (TPSA) is 63.7 Å². The monoisotopic (exact) mass is 511 g/mol. The van der Waals surface area contributed by atoms with Gasteiger partial charge in [-0.15, -0.1) is 0 Å². The number of halogens is 3. The van der Waals surface area contributed by atoms with E-state index in [2.05, 4.69) is 24.1 Å². The number of pyridine rings is 1. The van der Waals surface area contributed by atoms with Gasteiger partial charge in [0.2, 0.25) is 5.91 Å². The van der Waals surface area contributed by atoms with E-state index in [1.807, 2.05) is 0 Å². The molecular weight excluding hydrogens is 471 g/mol. The summed E-state index contributed by atoms with van der Waals surface area (Å²) in [7, 11) is 1.70. The minimum atomic E-state index is -4.47. The smallest absolute Gasteiger partial charge is 0.379 e. The number of amides is 1. The zero-order valence-electron chi connectivity index (χ0n) is 22.1. The van der Waals surface area contributed by atoms with Crippen molar-refractivity contribution in [1.29, 1.82) is 0 Å². The van der Waals surface area contributed by atoms with E-state index in [-0.39, 0.29) is 48.2 Å². The van der Waals surface area contributed by atoms with Gasteiger partial charge in [-0.1, -0.05) is 27.7 Å². The molecule has 4 atom stereocenters. The Morgan fingerprint density at radius 3 is 2.67 bits per heavy atom. The summed E-state index contributed by atoms with van der Waals surface area (Å²) in [5.74, 6) is -0.144. The van der Waals surface area contributed by atoms with Crippen LogP contribution in [0.15, 0.2) is 6.07 Å². The lowest BCUT2D eigenvalue weighted by Gasteiger charge is -2.40. The molecular formula is C27H40F3N3O3. The molecule has 0 unspecified atom stereocenters. The summed E-state index contributed by atoms with van der Waals surface area (Å²) >= 11 is 0. The molecule has 4 rings (SSSR count). The molecule has 202 valence electrons. The summed E-state index contributed by atoms with van der Waals surface area (Å²) in [6.07, 6.45) is -0.753. The molecule has 0 bridgehead atoms. The van der Waals surface area contributed by atoms with Crippen molar-refractivity contribution in [2.75, 3.05) is 26.9 Å². The van der Waals surface area contributed by atoms with E-state index in [1.54, 1.807) is 25.9 Å². The molecule has 1 aromatic rings. The number of carbonyl (C=O) groups is 1. The first-order chi connectivity index (χ1) is 17.0. The lowest BCUT2D eigenvalue weighted by molar-refractivity contribution is -0.146. The molecule has 36 heavy (non-hydrogen) atoms. The fourth-order valence-corrected chi connectivity index (χ4v) is 6.26. The predicted molar refractivity (Wildman–Crippen MR) is 131 cm³/mol. The molecule has 0 aromatic carbocycles. The number of hydrogen-bond donors (Lipinski definition) is 1. The molecule has 1 N–H and O–H groups in total. The Kier molecular flexibility index (Phi) is 8.03. The molecule has 2 aliphatic heterocycles. The third-order valence-corrected chi connectivity index (χ3v) is 8.48. The van der Waals surface area contributed by atoms with Crippen molar-refractivity contribution in [3.63, 3.8) is 0 Å². The maximum absolute atomic E-state index is 14.0. The highest BCUT2D eigenvalue weighted by Gasteiger charge is 2.50. The molecule has 9 heteroatoms. The van der Waals surface area contributed by atoms with E-state index < -0.39 is 17.2 Å². The lowest BCUT2D eigenvalue weighted by atomic mass is 9.74. The molecule has 3 aliphatic rings. The van der Waals surface area contributed by atoms with Gasteiger partial charge in [0.05, 0.1) is 29.4 Å². The molecule has 1 aliphatic carbocycles. The minimum Gasteiger partial charge on any atom is -0.379 e. The van der Waals surface area contributed by atoms with Crippen LogP contribution in [0, 0.1) is 11.3 Å². The van der Waals surface area contributed by atoms with E-state index in [9.17, 15) is 18.0 Å². The van der Waals surface area contributed by atoms with Crippen LogP contribution in [0.5, 0.6) is 0 Å². The van der Waals surface area contributed by atoms with Crippen LogP contribution in [0.3, 0.4) is 0 Å². The molecule has 0 spiro atoms. The molecule has 3 heterocycles.